The lowest BCUT2D eigenvalue weighted by atomic mass is 10.1. The first-order chi connectivity index (χ1) is 11.5. The minimum atomic E-state index is -4.33. The number of benzene rings is 1. The molecule has 25 heavy (non-hydrogen) atoms. The Morgan fingerprint density at radius 1 is 1.08 bits per heavy atom. The van der Waals surface area contributed by atoms with Crippen molar-refractivity contribution in [2.45, 2.75) is 38.3 Å². The van der Waals surface area contributed by atoms with Crippen molar-refractivity contribution in [3.63, 3.8) is 0 Å². The number of alkyl halides is 3. The van der Waals surface area contributed by atoms with Crippen LogP contribution in [-0.2, 0) is 6.18 Å². The van der Waals surface area contributed by atoms with Crippen molar-refractivity contribution in [3.8, 4) is 5.75 Å². The van der Waals surface area contributed by atoms with Gasteiger partial charge in [-0.3, -0.25) is 0 Å². The number of hydrogen-bond acceptors (Lipinski definition) is 1. The summed E-state index contributed by atoms with van der Waals surface area (Å²) >= 11 is 0. The second kappa shape index (κ2) is 10.2. The third-order valence-electron chi connectivity index (χ3n) is 4.78. The summed E-state index contributed by atoms with van der Waals surface area (Å²) in [5.74, 6) is 0.286. The maximum atomic E-state index is 12.8. The molecule has 0 N–H and O–H groups in total. The maximum Gasteiger partial charge on any atom is 0.416 e. The van der Waals surface area contributed by atoms with Crippen LogP contribution >= 0.6 is 0 Å². The van der Waals surface area contributed by atoms with Gasteiger partial charge in [0.2, 0.25) is 0 Å². The van der Waals surface area contributed by atoms with E-state index in [0.29, 0.717) is 6.61 Å². The Bertz CT molecular complexity index is 526. The Labute approximate surface area is 159 Å². The highest BCUT2D eigenvalue weighted by Gasteiger charge is 2.31. The molecule has 1 aromatic rings. The van der Waals surface area contributed by atoms with E-state index in [1.807, 2.05) is 6.08 Å². The van der Waals surface area contributed by atoms with Crippen LogP contribution in [0.15, 0.2) is 36.9 Å². The first-order valence-electron chi connectivity index (χ1n) is 8.71. The van der Waals surface area contributed by atoms with Crippen LogP contribution in [0.3, 0.4) is 0 Å². The van der Waals surface area contributed by atoms with E-state index in [1.165, 1.54) is 38.2 Å². The molecule has 1 saturated heterocycles. The molecule has 1 heterocycles. The van der Waals surface area contributed by atoms with E-state index in [9.17, 15) is 13.2 Å². The van der Waals surface area contributed by atoms with Crippen LogP contribution in [0.1, 0.15) is 37.7 Å². The molecule has 0 bridgehead atoms. The van der Waals surface area contributed by atoms with Crippen LogP contribution < -0.4 is 21.7 Å². The van der Waals surface area contributed by atoms with Gasteiger partial charge in [-0.25, -0.2) is 0 Å². The number of halogens is 4. The van der Waals surface area contributed by atoms with E-state index in [1.54, 1.807) is 6.07 Å². The van der Waals surface area contributed by atoms with E-state index in [0.717, 1.165) is 42.8 Å². The van der Waals surface area contributed by atoms with Crippen LogP contribution in [0.4, 0.5) is 13.2 Å². The molecule has 1 aliphatic rings. The lowest BCUT2D eigenvalue weighted by Gasteiger charge is -2.39. The molecule has 0 unspecified atom stereocenters. The Kier molecular flexibility index (Phi) is 9.00. The molecule has 0 aliphatic carbocycles. The first-order valence-corrected chi connectivity index (χ1v) is 8.71. The van der Waals surface area contributed by atoms with Gasteiger partial charge >= 0.3 is 6.18 Å². The predicted molar refractivity (Wildman–Crippen MR) is 89.9 cm³/mol. The van der Waals surface area contributed by atoms with Gasteiger partial charge in [0.15, 0.2) is 0 Å². The number of likely N-dealkylation sites (tertiary alicyclic amines) is 1. The summed E-state index contributed by atoms with van der Waals surface area (Å²) in [6.45, 7) is 8.20. The second-order valence-corrected chi connectivity index (χ2v) is 6.63. The van der Waals surface area contributed by atoms with Gasteiger partial charge in [-0.15, -0.1) is 0 Å². The van der Waals surface area contributed by atoms with E-state index in [4.69, 9.17) is 4.74 Å². The second-order valence-electron chi connectivity index (χ2n) is 6.63. The lowest BCUT2D eigenvalue weighted by molar-refractivity contribution is -0.923. The van der Waals surface area contributed by atoms with Gasteiger partial charge in [-0.05, 0) is 50.0 Å². The summed E-state index contributed by atoms with van der Waals surface area (Å²) in [5.41, 5.74) is -0.666. The molecule has 2 rings (SSSR count). The minimum Gasteiger partial charge on any atom is -1.00 e. The van der Waals surface area contributed by atoms with Crippen molar-refractivity contribution < 1.29 is 39.4 Å². The van der Waals surface area contributed by atoms with Crippen molar-refractivity contribution in [1.29, 1.82) is 0 Å². The third-order valence-corrected chi connectivity index (χ3v) is 4.78. The van der Waals surface area contributed by atoms with Gasteiger partial charge in [-0.2, -0.15) is 13.2 Å². The average Bonchev–Trinajstić information content (AvgIpc) is 2.51. The van der Waals surface area contributed by atoms with Gasteiger partial charge < -0.3 is 26.2 Å². The Hall–Kier alpha value is -1.01. The molecule has 1 aromatic carbocycles. The van der Waals surface area contributed by atoms with Gasteiger partial charge in [0.05, 0.1) is 25.2 Å². The first kappa shape index (κ1) is 22.0. The van der Waals surface area contributed by atoms with Gasteiger partial charge in [0.25, 0.3) is 0 Å². The summed E-state index contributed by atoms with van der Waals surface area (Å²) in [6, 6.07) is 5.12. The molecule has 2 nitrogen and oxygen atoms in total. The molecule has 0 radical (unpaired) electrons. The van der Waals surface area contributed by atoms with Crippen LogP contribution in [0.2, 0.25) is 0 Å². The zero-order valence-electron chi connectivity index (χ0n) is 14.5. The number of ether oxygens (including phenoxy) is 1. The third kappa shape index (κ3) is 7.02. The fourth-order valence-corrected chi connectivity index (χ4v) is 3.43. The molecule has 0 saturated carbocycles. The summed E-state index contributed by atoms with van der Waals surface area (Å²) < 4.78 is 44.8. The molecule has 1 aliphatic heterocycles. The van der Waals surface area contributed by atoms with Gasteiger partial charge in [0, 0.05) is 0 Å². The number of nitrogens with zero attached hydrogens (tertiary/aromatic N) is 1. The zero-order valence-corrected chi connectivity index (χ0v) is 16.1. The highest BCUT2D eigenvalue weighted by Crippen LogP contribution is 2.31. The quantitative estimate of drug-likeness (QED) is 0.504. The van der Waals surface area contributed by atoms with Crippen molar-refractivity contribution in [2.24, 2.45) is 0 Å². The van der Waals surface area contributed by atoms with Gasteiger partial charge in [0.1, 0.15) is 18.9 Å². The molecule has 6 heteroatoms. The number of quaternary nitrogens is 1. The average molecular weight is 422 g/mol. The van der Waals surface area contributed by atoms with Crippen molar-refractivity contribution in [3.05, 3.63) is 42.5 Å². The topological polar surface area (TPSA) is 9.23 Å². The molecule has 0 spiro atoms. The summed E-state index contributed by atoms with van der Waals surface area (Å²) in [4.78, 5) is 0. The van der Waals surface area contributed by atoms with E-state index in [-0.39, 0.29) is 22.7 Å². The smallest absolute Gasteiger partial charge is 0.416 e. The van der Waals surface area contributed by atoms with Crippen LogP contribution in [0.5, 0.6) is 5.75 Å². The summed E-state index contributed by atoms with van der Waals surface area (Å²) in [6.07, 6.45) is 3.81. The zero-order chi connectivity index (χ0) is 17.5. The SMILES string of the molecule is C=CC[N+]1(CCOc2cccc(C(F)(F)F)c2)CCCCCCC1.[Br-]. The Morgan fingerprint density at radius 3 is 2.32 bits per heavy atom. The van der Waals surface area contributed by atoms with E-state index >= 15 is 0 Å². The fourth-order valence-electron chi connectivity index (χ4n) is 3.43. The number of rotatable bonds is 6. The molecule has 0 aromatic heterocycles. The maximum absolute atomic E-state index is 12.8. The highest BCUT2D eigenvalue weighted by molar-refractivity contribution is 5.30. The largest absolute Gasteiger partial charge is 1.00 e. The summed E-state index contributed by atoms with van der Waals surface area (Å²) in [7, 11) is 0. The highest BCUT2D eigenvalue weighted by atomic mass is 79.9. The Balaban J connectivity index is 0.00000312. The van der Waals surface area contributed by atoms with Gasteiger partial charge in [-0.1, -0.05) is 19.1 Å². The fraction of sp³-hybridized carbons (Fsp3) is 0.579. The van der Waals surface area contributed by atoms with Crippen LogP contribution in [0, 0.1) is 0 Å². The molecule has 142 valence electrons. The standard InChI is InChI=1S/C19H27F3NO.BrH/c1-2-11-23(12-6-4-3-5-7-13-23)14-15-24-18-10-8-9-17(16-18)19(20,21)22;/h2,8-10,16H,1,3-7,11-15H2;1H/q+1;/p-1. The van der Waals surface area contributed by atoms with Crippen molar-refractivity contribution >= 4 is 0 Å². The van der Waals surface area contributed by atoms with Crippen LogP contribution in [-0.4, -0.2) is 37.3 Å². The molecule has 0 atom stereocenters. The monoisotopic (exact) mass is 421 g/mol. The van der Waals surface area contributed by atoms with E-state index in [2.05, 4.69) is 6.58 Å². The number of hydrogen-bond donors (Lipinski definition) is 0. The van der Waals surface area contributed by atoms with E-state index < -0.39 is 11.7 Å². The Morgan fingerprint density at radius 2 is 1.72 bits per heavy atom. The molecule has 0 amide bonds. The van der Waals surface area contributed by atoms with Crippen molar-refractivity contribution in [1.82, 2.24) is 0 Å². The summed E-state index contributed by atoms with van der Waals surface area (Å²) in [5, 5.41) is 0. The molecular formula is C19H27BrF3NO. The minimum absolute atomic E-state index is 0. The normalized spacial score (nSPS) is 17.7. The van der Waals surface area contributed by atoms with Crippen molar-refractivity contribution in [2.75, 3.05) is 32.8 Å². The lowest BCUT2D eigenvalue weighted by Crippen LogP contribution is -3.00. The molecule has 1 fully saturated rings. The predicted octanol–water partition coefficient (Wildman–Crippen LogP) is 2.06. The molecular weight excluding hydrogens is 395 g/mol. The van der Waals surface area contributed by atoms with Crippen LogP contribution in [0.25, 0.3) is 0 Å².